The van der Waals surface area contributed by atoms with Crippen LogP contribution in [0.3, 0.4) is 0 Å². The first-order valence-electron chi connectivity index (χ1n) is 13.1. The molecule has 1 atom stereocenters. The molecule has 0 saturated heterocycles. The molecule has 3 rings (SSSR count). The summed E-state index contributed by atoms with van der Waals surface area (Å²) in [7, 11) is -1.67. The zero-order chi connectivity index (χ0) is 32.1. The molecule has 232 valence electrons. The average molecular weight is 655 g/mol. The van der Waals surface area contributed by atoms with Crippen LogP contribution in [-0.4, -0.2) is 57.5 Å². The van der Waals surface area contributed by atoms with Crippen LogP contribution in [0.25, 0.3) is 0 Å². The highest BCUT2D eigenvalue weighted by atomic mass is 35.5. The fraction of sp³-hybridized carbons (Fsp3) is 0.333. The average Bonchev–Trinajstić information content (AvgIpc) is 2.94. The van der Waals surface area contributed by atoms with Crippen LogP contribution in [0.5, 0.6) is 11.5 Å². The van der Waals surface area contributed by atoms with E-state index in [-0.39, 0.29) is 32.9 Å². The molecular weight excluding hydrogens is 620 g/mol. The van der Waals surface area contributed by atoms with Crippen LogP contribution in [-0.2, 0) is 26.2 Å². The molecule has 13 heteroatoms. The molecule has 9 nitrogen and oxygen atoms in total. The molecule has 1 N–H and O–H groups in total. The lowest BCUT2D eigenvalue weighted by Crippen LogP contribution is -2.54. The molecule has 0 radical (unpaired) electrons. The van der Waals surface area contributed by atoms with Gasteiger partial charge in [-0.2, -0.15) is 0 Å². The highest BCUT2D eigenvalue weighted by molar-refractivity contribution is 7.92. The summed E-state index contributed by atoms with van der Waals surface area (Å²) < 4.78 is 53.3. The molecule has 0 spiro atoms. The summed E-state index contributed by atoms with van der Waals surface area (Å²) in [5.41, 5.74) is -0.211. The quantitative estimate of drug-likeness (QED) is 0.286. The van der Waals surface area contributed by atoms with Crippen LogP contribution in [0.15, 0.2) is 65.6 Å². The van der Waals surface area contributed by atoms with Crippen molar-refractivity contribution in [1.29, 1.82) is 0 Å². The Labute approximate surface area is 261 Å². The van der Waals surface area contributed by atoms with E-state index in [1.807, 2.05) is 0 Å². The van der Waals surface area contributed by atoms with Crippen LogP contribution in [0.4, 0.5) is 10.1 Å². The van der Waals surface area contributed by atoms with Crippen molar-refractivity contribution in [2.45, 2.75) is 50.7 Å². The van der Waals surface area contributed by atoms with Gasteiger partial charge < -0.3 is 19.7 Å². The molecule has 3 aromatic rings. The first-order chi connectivity index (χ1) is 20.1. The van der Waals surface area contributed by atoms with E-state index in [0.717, 1.165) is 16.4 Å². The second-order valence-electron chi connectivity index (χ2n) is 10.6. The Kier molecular flexibility index (Phi) is 10.9. The van der Waals surface area contributed by atoms with Gasteiger partial charge in [-0.15, -0.1) is 0 Å². The standard InChI is InChI=1S/C30H34Cl2FN3O6S/c1-19(29(38)34-30(2,3)4)35(17-23-24(31)8-7-9-25(23)32)28(37)18-36(21-12-10-20(33)11-13-21)43(39,40)22-14-15-26(41-5)27(16-22)42-6/h7-16,19H,17-18H2,1-6H3,(H,34,38). The van der Waals surface area contributed by atoms with Crippen molar-refractivity contribution in [1.82, 2.24) is 10.2 Å². The minimum atomic E-state index is -4.44. The zero-order valence-corrected chi connectivity index (χ0v) is 27.0. The number of hydrogen-bond acceptors (Lipinski definition) is 6. The summed E-state index contributed by atoms with van der Waals surface area (Å²) in [6.07, 6.45) is 0. The minimum Gasteiger partial charge on any atom is -0.493 e. The summed E-state index contributed by atoms with van der Waals surface area (Å²) in [5, 5.41) is 3.37. The van der Waals surface area contributed by atoms with E-state index in [9.17, 15) is 22.4 Å². The Hall–Kier alpha value is -3.54. The summed E-state index contributed by atoms with van der Waals surface area (Å²) >= 11 is 12.8. The van der Waals surface area contributed by atoms with E-state index >= 15 is 0 Å². The van der Waals surface area contributed by atoms with Gasteiger partial charge in [0.1, 0.15) is 18.4 Å². The van der Waals surface area contributed by atoms with Gasteiger partial charge in [0.25, 0.3) is 10.0 Å². The molecule has 43 heavy (non-hydrogen) atoms. The maximum atomic E-state index is 14.1. The SMILES string of the molecule is COc1ccc(S(=O)(=O)N(CC(=O)N(Cc2c(Cl)cccc2Cl)C(C)C(=O)NC(C)(C)C)c2ccc(F)cc2)cc1OC. The van der Waals surface area contributed by atoms with Gasteiger partial charge in [0.05, 0.1) is 24.8 Å². The van der Waals surface area contributed by atoms with Crippen LogP contribution in [0.2, 0.25) is 10.0 Å². The highest BCUT2D eigenvalue weighted by Gasteiger charge is 2.34. The number of rotatable bonds is 11. The van der Waals surface area contributed by atoms with Crippen LogP contribution in [0.1, 0.15) is 33.3 Å². The van der Waals surface area contributed by atoms with Crippen LogP contribution in [0, 0.1) is 5.82 Å². The number of hydrogen-bond donors (Lipinski definition) is 1. The van der Waals surface area contributed by atoms with Gasteiger partial charge in [-0.25, -0.2) is 12.8 Å². The number of benzene rings is 3. The number of carbonyl (C=O) groups is 2. The smallest absolute Gasteiger partial charge is 0.264 e. The summed E-state index contributed by atoms with van der Waals surface area (Å²) in [5.74, 6) is -1.36. The maximum Gasteiger partial charge on any atom is 0.264 e. The molecule has 2 amide bonds. The third-order valence-corrected chi connectivity index (χ3v) is 8.87. The Bertz CT molecular complexity index is 1560. The molecule has 3 aromatic carbocycles. The molecule has 0 aromatic heterocycles. The molecular formula is C30H34Cl2FN3O6S. The lowest BCUT2D eigenvalue weighted by molar-refractivity contribution is -0.140. The maximum absolute atomic E-state index is 14.1. The van der Waals surface area contributed by atoms with Gasteiger partial charge in [0.2, 0.25) is 11.8 Å². The number of nitrogens with one attached hydrogen (secondary N) is 1. The second-order valence-corrected chi connectivity index (χ2v) is 13.3. The van der Waals surface area contributed by atoms with Gasteiger partial charge in [0, 0.05) is 33.8 Å². The first-order valence-corrected chi connectivity index (χ1v) is 15.3. The van der Waals surface area contributed by atoms with Crippen molar-refractivity contribution in [2.24, 2.45) is 0 Å². The zero-order valence-electron chi connectivity index (χ0n) is 24.7. The molecule has 0 fully saturated rings. The van der Waals surface area contributed by atoms with E-state index < -0.39 is 45.8 Å². The van der Waals surface area contributed by atoms with E-state index in [1.165, 1.54) is 56.4 Å². The van der Waals surface area contributed by atoms with Crippen molar-refractivity contribution >= 4 is 50.7 Å². The van der Waals surface area contributed by atoms with Crippen LogP contribution < -0.4 is 19.1 Å². The first kappa shape index (κ1) is 34.0. The lowest BCUT2D eigenvalue weighted by Gasteiger charge is -2.34. The highest BCUT2D eigenvalue weighted by Crippen LogP contribution is 2.33. The Morgan fingerprint density at radius 1 is 0.953 bits per heavy atom. The summed E-state index contributed by atoms with van der Waals surface area (Å²) in [4.78, 5) is 28.3. The molecule has 0 aliphatic heterocycles. The van der Waals surface area contributed by atoms with Gasteiger partial charge in [-0.1, -0.05) is 29.3 Å². The number of methoxy groups -OCH3 is 2. The third-order valence-electron chi connectivity index (χ3n) is 6.39. The Morgan fingerprint density at radius 2 is 1.53 bits per heavy atom. The number of anilines is 1. The molecule has 0 bridgehead atoms. The number of nitrogens with zero attached hydrogens (tertiary/aromatic N) is 2. The lowest BCUT2D eigenvalue weighted by atomic mass is 10.1. The molecule has 0 aliphatic rings. The van der Waals surface area contributed by atoms with E-state index in [4.69, 9.17) is 32.7 Å². The monoisotopic (exact) mass is 653 g/mol. The fourth-order valence-electron chi connectivity index (χ4n) is 4.15. The van der Waals surface area contributed by atoms with Crippen molar-refractivity contribution in [3.63, 3.8) is 0 Å². The molecule has 1 unspecified atom stereocenters. The van der Waals surface area contributed by atoms with Crippen LogP contribution >= 0.6 is 23.2 Å². The Morgan fingerprint density at radius 3 is 2.07 bits per heavy atom. The van der Waals surface area contributed by atoms with Crippen molar-refractivity contribution in [2.75, 3.05) is 25.1 Å². The fourth-order valence-corrected chi connectivity index (χ4v) is 6.10. The number of sulfonamides is 1. The predicted octanol–water partition coefficient (Wildman–Crippen LogP) is 5.68. The molecule has 0 aliphatic carbocycles. The third kappa shape index (κ3) is 8.31. The van der Waals surface area contributed by atoms with Gasteiger partial charge in [0.15, 0.2) is 11.5 Å². The topological polar surface area (TPSA) is 105 Å². The van der Waals surface area contributed by atoms with E-state index in [2.05, 4.69) is 5.32 Å². The summed E-state index contributed by atoms with van der Waals surface area (Å²) in [6.45, 7) is 5.97. The van der Waals surface area contributed by atoms with Gasteiger partial charge >= 0.3 is 0 Å². The summed E-state index contributed by atoms with van der Waals surface area (Å²) in [6, 6.07) is 12.4. The number of amides is 2. The van der Waals surface area contributed by atoms with Crippen molar-refractivity contribution in [3.05, 3.63) is 82.1 Å². The van der Waals surface area contributed by atoms with Crippen molar-refractivity contribution in [3.8, 4) is 11.5 Å². The van der Waals surface area contributed by atoms with E-state index in [0.29, 0.717) is 11.3 Å². The molecule has 0 heterocycles. The second kappa shape index (κ2) is 13.8. The predicted molar refractivity (Wildman–Crippen MR) is 165 cm³/mol. The molecule has 0 saturated carbocycles. The number of halogens is 3. The van der Waals surface area contributed by atoms with Gasteiger partial charge in [-0.05, 0) is 76.2 Å². The number of carbonyl (C=O) groups excluding carboxylic acids is 2. The van der Waals surface area contributed by atoms with Gasteiger partial charge in [-0.3, -0.25) is 13.9 Å². The Balaban J connectivity index is 2.11. The number of ether oxygens (including phenoxy) is 2. The normalized spacial score (nSPS) is 12.3. The van der Waals surface area contributed by atoms with Crippen molar-refractivity contribution < 1.29 is 31.9 Å². The van der Waals surface area contributed by atoms with E-state index in [1.54, 1.807) is 39.0 Å². The minimum absolute atomic E-state index is 0.0204. The largest absolute Gasteiger partial charge is 0.493 e.